The van der Waals surface area contributed by atoms with Crippen LogP contribution < -0.4 is 34.8 Å². The Bertz CT molecular complexity index is 1490. The summed E-state index contributed by atoms with van der Waals surface area (Å²) >= 11 is 6.21. The minimum atomic E-state index is -0.339. The molecule has 210 valence electrons. The highest BCUT2D eigenvalue weighted by atomic mass is 35.5. The van der Waals surface area contributed by atoms with Gasteiger partial charge in [0.2, 0.25) is 17.1 Å². The molecular weight excluding hydrogens is 530 g/mol. The predicted octanol–water partition coefficient (Wildman–Crippen LogP) is 4.84. The summed E-state index contributed by atoms with van der Waals surface area (Å²) in [5.41, 5.74) is 5.04. The molecule has 40 heavy (non-hydrogen) atoms. The van der Waals surface area contributed by atoms with Crippen LogP contribution in [-0.4, -0.2) is 53.4 Å². The van der Waals surface area contributed by atoms with E-state index in [0.717, 1.165) is 41.0 Å². The van der Waals surface area contributed by atoms with Crippen molar-refractivity contribution < 1.29 is 19.0 Å². The molecule has 0 spiro atoms. The van der Waals surface area contributed by atoms with Crippen LogP contribution in [0.3, 0.4) is 0 Å². The molecule has 9 heteroatoms. The van der Waals surface area contributed by atoms with Crippen molar-refractivity contribution in [2.45, 2.75) is 25.8 Å². The van der Waals surface area contributed by atoms with Crippen molar-refractivity contribution in [1.29, 1.82) is 0 Å². The van der Waals surface area contributed by atoms with Crippen LogP contribution in [0.4, 0.5) is 11.4 Å². The molecule has 0 aromatic heterocycles. The maximum absolute atomic E-state index is 13.8. The number of nitrogens with one attached hydrogen (secondary N) is 1. The largest absolute Gasteiger partial charge is 0.493 e. The zero-order chi connectivity index (χ0) is 28.4. The number of fused-ring (bicyclic) bond motifs is 3. The highest BCUT2D eigenvalue weighted by Crippen LogP contribution is 2.50. The fraction of sp³-hybridized carbons (Fsp3) is 0.355. The van der Waals surface area contributed by atoms with Crippen molar-refractivity contribution in [2.75, 3.05) is 57.3 Å². The SMILES string of the molecule is COc1cc2c(c(OC)c1OC)-c1ccc(N3CCN(c4cccc(Cl)c4)CC3)c(=O)cc1[C@@H](NC(C)=O)CC2. The van der Waals surface area contributed by atoms with Gasteiger partial charge in [0, 0.05) is 49.4 Å². The van der Waals surface area contributed by atoms with E-state index in [9.17, 15) is 9.59 Å². The molecule has 1 atom stereocenters. The van der Waals surface area contributed by atoms with E-state index in [1.165, 1.54) is 6.92 Å². The molecule has 1 aliphatic carbocycles. The summed E-state index contributed by atoms with van der Waals surface area (Å²) in [5.74, 6) is 1.44. The molecule has 1 saturated heterocycles. The summed E-state index contributed by atoms with van der Waals surface area (Å²) in [7, 11) is 4.77. The van der Waals surface area contributed by atoms with Gasteiger partial charge in [-0.05, 0) is 65.9 Å². The average molecular weight is 564 g/mol. The lowest BCUT2D eigenvalue weighted by Gasteiger charge is -2.37. The third-order valence-electron chi connectivity index (χ3n) is 7.69. The number of anilines is 2. The number of rotatable bonds is 6. The second-order valence-electron chi connectivity index (χ2n) is 10.0. The Labute approximate surface area is 239 Å². The van der Waals surface area contributed by atoms with E-state index < -0.39 is 0 Å². The number of halogens is 1. The lowest BCUT2D eigenvalue weighted by Crippen LogP contribution is -2.47. The van der Waals surface area contributed by atoms with Gasteiger partial charge in [0.1, 0.15) is 0 Å². The van der Waals surface area contributed by atoms with Crippen LogP contribution in [0.25, 0.3) is 11.1 Å². The molecule has 1 fully saturated rings. The number of hydrogen-bond donors (Lipinski definition) is 1. The summed E-state index contributed by atoms with van der Waals surface area (Å²) in [6, 6.07) is 15.0. The maximum Gasteiger partial charge on any atom is 0.217 e. The number of piperazine rings is 1. The smallest absolute Gasteiger partial charge is 0.217 e. The molecule has 2 aliphatic rings. The van der Waals surface area contributed by atoms with E-state index in [0.29, 0.717) is 53.9 Å². The molecule has 0 radical (unpaired) electrons. The lowest BCUT2D eigenvalue weighted by molar-refractivity contribution is -0.119. The highest BCUT2D eigenvalue weighted by Gasteiger charge is 2.30. The number of amides is 1. The summed E-state index contributed by atoms with van der Waals surface area (Å²) in [5, 5.41) is 3.77. The number of aryl methyl sites for hydroxylation is 1. The van der Waals surface area contributed by atoms with Gasteiger partial charge in [-0.15, -0.1) is 0 Å². The lowest BCUT2D eigenvalue weighted by atomic mass is 9.95. The Hall–Kier alpha value is -3.91. The number of hydrogen-bond acceptors (Lipinski definition) is 7. The van der Waals surface area contributed by atoms with E-state index in [-0.39, 0.29) is 17.4 Å². The Kier molecular flexibility index (Phi) is 8.07. The Morgan fingerprint density at radius 2 is 1.65 bits per heavy atom. The van der Waals surface area contributed by atoms with Crippen LogP contribution in [-0.2, 0) is 11.2 Å². The minimum Gasteiger partial charge on any atom is -0.493 e. The maximum atomic E-state index is 13.8. The van der Waals surface area contributed by atoms with Gasteiger partial charge in [-0.25, -0.2) is 0 Å². The van der Waals surface area contributed by atoms with E-state index in [4.69, 9.17) is 25.8 Å². The van der Waals surface area contributed by atoms with Crippen molar-refractivity contribution in [2.24, 2.45) is 0 Å². The molecule has 1 heterocycles. The van der Waals surface area contributed by atoms with E-state index >= 15 is 0 Å². The standard InChI is InChI=1S/C31H34ClN3O5/c1-19(36)33-25-10-8-20-16-28(38-2)30(39-3)31(40-4)29(20)23-9-11-26(27(37)18-24(23)25)35-14-12-34(13-15-35)22-7-5-6-21(32)17-22/h5-7,9,11,16-18,25H,8,10,12-15H2,1-4H3,(H,33,36)/t25-/m0/s1. The third kappa shape index (κ3) is 5.28. The van der Waals surface area contributed by atoms with Crippen molar-refractivity contribution in [3.63, 3.8) is 0 Å². The number of nitrogens with zero attached hydrogens (tertiary/aromatic N) is 2. The summed E-state index contributed by atoms with van der Waals surface area (Å²) in [6.45, 7) is 4.41. The topological polar surface area (TPSA) is 80.3 Å². The molecule has 1 amide bonds. The monoisotopic (exact) mass is 563 g/mol. The summed E-state index contributed by atoms with van der Waals surface area (Å²) in [6.07, 6.45) is 1.28. The Morgan fingerprint density at radius 1 is 0.925 bits per heavy atom. The van der Waals surface area contributed by atoms with Gasteiger partial charge in [-0.2, -0.15) is 0 Å². The highest BCUT2D eigenvalue weighted by molar-refractivity contribution is 6.30. The molecule has 0 saturated carbocycles. The third-order valence-corrected chi connectivity index (χ3v) is 7.92. The van der Waals surface area contributed by atoms with Crippen LogP contribution in [0.2, 0.25) is 5.02 Å². The number of ether oxygens (including phenoxy) is 3. The van der Waals surface area contributed by atoms with Crippen molar-refractivity contribution in [3.05, 3.63) is 74.9 Å². The summed E-state index contributed by atoms with van der Waals surface area (Å²) < 4.78 is 17.2. The van der Waals surface area contributed by atoms with Gasteiger partial charge in [0.15, 0.2) is 11.5 Å². The molecule has 1 aliphatic heterocycles. The minimum absolute atomic E-state index is 0.0873. The van der Waals surface area contributed by atoms with E-state index in [1.54, 1.807) is 27.4 Å². The number of carbonyl (C=O) groups excluding carboxylic acids is 1. The first-order chi connectivity index (χ1) is 19.3. The molecule has 8 nitrogen and oxygen atoms in total. The average Bonchev–Trinajstić information content (AvgIpc) is 3.20. The molecule has 5 rings (SSSR count). The van der Waals surface area contributed by atoms with Crippen LogP contribution in [0.15, 0.2) is 53.3 Å². The van der Waals surface area contributed by atoms with Gasteiger partial charge in [-0.1, -0.05) is 23.7 Å². The van der Waals surface area contributed by atoms with Crippen LogP contribution in [0.1, 0.15) is 30.5 Å². The van der Waals surface area contributed by atoms with Gasteiger partial charge < -0.3 is 29.3 Å². The number of benzene rings is 2. The zero-order valence-corrected chi connectivity index (χ0v) is 24.0. The molecule has 3 aromatic carbocycles. The van der Waals surface area contributed by atoms with E-state index in [2.05, 4.69) is 21.2 Å². The van der Waals surface area contributed by atoms with Crippen LogP contribution in [0, 0.1) is 0 Å². The summed E-state index contributed by atoms with van der Waals surface area (Å²) in [4.78, 5) is 30.4. The van der Waals surface area contributed by atoms with Gasteiger partial charge >= 0.3 is 0 Å². The second kappa shape index (κ2) is 11.7. The number of methoxy groups -OCH3 is 3. The predicted molar refractivity (Wildman–Crippen MR) is 159 cm³/mol. The molecule has 3 aromatic rings. The van der Waals surface area contributed by atoms with Gasteiger partial charge in [-0.3, -0.25) is 9.59 Å². The Morgan fingerprint density at radius 3 is 2.30 bits per heavy atom. The fourth-order valence-corrected chi connectivity index (χ4v) is 6.02. The zero-order valence-electron chi connectivity index (χ0n) is 23.3. The van der Waals surface area contributed by atoms with Crippen molar-refractivity contribution >= 4 is 28.9 Å². The number of carbonyl (C=O) groups is 1. The van der Waals surface area contributed by atoms with Crippen LogP contribution >= 0.6 is 11.6 Å². The molecular formula is C31H34ClN3O5. The van der Waals surface area contributed by atoms with Crippen molar-refractivity contribution in [1.82, 2.24) is 5.32 Å². The first-order valence-corrected chi connectivity index (χ1v) is 13.8. The molecule has 0 bridgehead atoms. The quantitative estimate of drug-likeness (QED) is 0.459. The molecule has 0 unspecified atom stereocenters. The van der Waals surface area contributed by atoms with Gasteiger partial charge in [0.05, 0.1) is 33.1 Å². The van der Waals surface area contributed by atoms with Crippen LogP contribution in [0.5, 0.6) is 17.2 Å². The first kappa shape index (κ1) is 27.6. The first-order valence-electron chi connectivity index (χ1n) is 13.4. The molecule has 1 N–H and O–H groups in total. The Balaban J connectivity index is 1.59. The van der Waals surface area contributed by atoms with Gasteiger partial charge in [0.25, 0.3) is 0 Å². The fourth-order valence-electron chi connectivity index (χ4n) is 5.84. The van der Waals surface area contributed by atoms with Crippen molar-refractivity contribution in [3.8, 4) is 28.4 Å². The van der Waals surface area contributed by atoms with E-state index in [1.807, 2.05) is 36.4 Å². The second-order valence-corrected chi connectivity index (χ2v) is 10.5. The normalized spacial score (nSPS) is 16.4.